The number of nitrogens with zero attached hydrogens (tertiary/aromatic N) is 2. The smallest absolute Gasteiger partial charge is 0.338 e. The predicted octanol–water partition coefficient (Wildman–Crippen LogP) is 6.35. The van der Waals surface area contributed by atoms with E-state index in [-0.39, 0.29) is 34.6 Å². The van der Waals surface area contributed by atoms with Crippen molar-refractivity contribution in [3.8, 4) is 0 Å². The topological polar surface area (TPSA) is 92.1 Å². The van der Waals surface area contributed by atoms with Crippen LogP contribution in [0.25, 0.3) is 11.0 Å². The quantitative estimate of drug-likeness (QED) is 0.292. The fourth-order valence-electron chi connectivity index (χ4n) is 6.04. The van der Waals surface area contributed by atoms with E-state index in [1.165, 1.54) is 11.8 Å². The van der Waals surface area contributed by atoms with Crippen LogP contribution in [0, 0.1) is 12.8 Å². The highest BCUT2D eigenvalue weighted by atomic mass is 35.5. The van der Waals surface area contributed by atoms with Gasteiger partial charge in [0.05, 0.1) is 29.2 Å². The predicted molar refractivity (Wildman–Crippen MR) is 163 cm³/mol. The maximum atomic E-state index is 13.5. The Kier molecular flexibility index (Phi) is 9.34. The van der Waals surface area contributed by atoms with Crippen molar-refractivity contribution in [2.24, 2.45) is 5.92 Å². The molecule has 9 heteroatoms. The summed E-state index contributed by atoms with van der Waals surface area (Å²) in [6.45, 7) is 9.04. The van der Waals surface area contributed by atoms with Gasteiger partial charge in [-0.25, -0.2) is 9.59 Å². The number of ether oxygens (including phenoxy) is 1. The van der Waals surface area contributed by atoms with Crippen LogP contribution in [0.2, 0.25) is 5.02 Å². The number of carbonyl (C=O) groups is 2. The Morgan fingerprint density at radius 3 is 2.57 bits per heavy atom. The van der Waals surface area contributed by atoms with Crippen LogP contribution in [-0.4, -0.2) is 48.0 Å². The summed E-state index contributed by atoms with van der Waals surface area (Å²) in [6.07, 6.45) is 5.39. The van der Waals surface area contributed by atoms with Gasteiger partial charge in [0.1, 0.15) is 11.8 Å². The van der Waals surface area contributed by atoms with E-state index < -0.39 is 12.0 Å². The lowest BCUT2D eigenvalue weighted by Crippen LogP contribution is -2.49. The second-order valence-electron chi connectivity index (χ2n) is 11.2. The number of halogens is 1. The molecule has 5 rings (SSSR count). The molecule has 0 spiro atoms. The molecule has 3 aromatic rings. The Bertz CT molecular complexity index is 1540. The summed E-state index contributed by atoms with van der Waals surface area (Å²) < 4.78 is 11.1. The monoisotopic (exact) mass is 591 g/mol. The molecule has 42 heavy (non-hydrogen) atoms. The van der Waals surface area contributed by atoms with Gasteiger partial charge in [0.15, 0.2) is 5.43 Å². The molecule has 1 saturated heterocycles. The minimum atomic E-state index is -0.998. The molecular formula is C33H38ClN3O5. The number of nitrogens with one attached hydrogen (secondary N) is 1. The van der Waals surface area contributed by atoms with E-state index in [1.807, 2.05) is 13.0 Å². The molecule has 1 unspecified atom stereocenters. The molecule has 0 saturated carbocycles. The first-order chi connectivity index (χ1) is 20.3. The fraction of sp³-hybridized carbons (Fsp3) is 0.424. The summed E-state index contributed by atoms with van der Waals surface area (Å²) in [4.78, 5) is 44.2. The van der Waals surface area contributed by atoms with Crippen LogP contribution in [-0.2, 0) is 16.1 Å². The van der Waals surface area contributed by atoms with Crippen LogP contribution in [0.5, 0.6) is 0 Å². The minimum Gasteiger partial charge on any atom is -0.464 e. The molecule has 222 valence electrons. The van der Waals surface area contributed by atoms with Gasteiger partial charge in [0.25, 0.3) is 0 Å². The standard InChI is InChI=1S/C33H38ClN3O5/c1-4-41-32(39)29-22(3)37(14-8-11-23-12-15-36(16-13-23)19-24-9-6-5-7-10-24)33(40)35-30(29)26-20-42-28-17-21(2)27(34)18-25(28)31(26)38/h5-7,9-10,17-18,20,23,30H,4,8,11-16,19H2,1-3H3,(H,35,40). The van der Waals surface area contributed by atoms with Crippen molar-refractivity contribution in [1.29, 1.82) is 0 Å². The van der Waals surface area contributed by atoms with Gasteiger partial charge in [-0.1, -0.05) is 41.9 Å². The number of hydrogen-bond donors (Lipinski definition) is 1. The van der Waals surface area contributed by atoms with E-state index >= 15 is 0 Å². The van der Waals surface area contributed by atoms with Crippen molar-refractivity contribution in [2.45, 2.75) is 59.0 Å². The fourth-order valence-corrected chi connectivity index (χ4v) is 6.20. The van der Waals surface area contributed by atoms with Crippen LogP contribution in [0.3, 0.4) is 0 Å². The van der Waals surface area contributed by atoms with Crippen molar-refractivity contribution in [3.05, 3.63) is 91.9 Å². The number of carbonyl (C=O) groups excluding carboxylic acids is 2. The molecule has 1 fully saturated rings. The average molecular weight is 592 g/mol. The van der Waals surface area contributed by atoms with Gasteiger partial charge in [0, 0.05) is 23.8 Å². The summed E-state index contributed by atoms with van der Waals surface area (Å²) >= 11 is 6.29. The highest BCUT2D eigenvalue weighted by Crippen LogP contribution is 2.32. The zero-order valence-electron chi connectivity index (χ0n) is 24.5. The van der Waals surface area contributed by atoms with E-state index in [0.717, 1.165) is 50.9 Å². The summed E-state index contributed by atoms with van der Waals surface area (Å²) in [5, 5.41) is 3.60. The summed E-state index contributed by atoms with van der Waals surface area (Å²) in [7, 11) is 0. The lowest BCUT2D eigenvalue weighted by Gasteiger charge is -2.36. The number of benzene rings is 2. The molecule has 3 heterocycles. The molecule has 1 N–H and O–H groups in total. The largest absolute Gasteiger partial charge is 0.464 e. The molecule has 0 aliphatic carbocycles. The lowest BCUT2D eigenvalue weighted by molar-refractivity contribution is -0.139. The number of rotatable bonds is 9. The zero-order chi connectivity index (χ0) is 29.8. The molecule has 2 aromatic carbocycles. The van der Waals surface area contributed by atoms with Crippen LogP contribution in [0.1, 0.15) is 62.3 Å². The van der Waals surface area contributed by atoms with Crippen molar-refractivity contribution in [2.75, 3.05) is 26.2 Å². The first-order valence-corrected chi connectivity index (χ1v) is 15.1. The summed E-state index contributed by atoms with van der Waals surface area (Å²) in [5.74, 6) is 0.0290. The lowest BCUT2D eigenvalue weighted by atomic mass is 9.91. The first-order valence-electron chi connectivity index (χ1n) is 14.7. The molecule has 0 bridgehead atoms. The summed E-state index contributed by atoms with van der Waals surface area (Å²) in [5.41, 5.74) is 3.02. The third kappa shape index (κ3) is 6.40. The Morgan fingerprint density at radius 1 is 1.12 bits per heavy atom. The number of piperidine rings is 1. The maximum absolute atomic E-state index is 13.5. The average Bonchev–Trinajstić information content (AvgIpc) is 2.97. The third-order valence-corrected chi connectivity index (χ3v) is 8.84. The molecule has 8 nitrogen and oxygen atoms in total. The van der Waals surface area contributed by atoms with Crippen molar-refractivity contribution < 1.29 is 18.7 Å². The first kappa shape index (κ1) is 29.9. The van der Waals surface area contributed by atoms with Gasteiger partial charge in [-0.3, -0.25) is 14.6 Å². The minimum absolute atomic E-state index is 0.153. The molecule has 1 aromatic heterocycles. The van der Waals surface area contributed by atoms with Gasteiger partial charge in [-0.2, -0.15) is 0 Å². The number of esters is 1. The second kappa shape index (κ2) is 13.1. The molecular weight excluding hydrogens is 554 g/mol. The Labute approximate surface area is 251 Å². The summed E-state index contributed by atoms with van der Waals surface area (Å²) in [6, 6.07) is 12.5. The Balaban J connectivity index is 1.29. The van der Waals surface area contributed by atoms with Crippen LogP contribution < -0.4 is 10.7 Å². The number of allylic oxidation sites excluding steroid dienone is 1. The molecule has 2 aliphatic rings. The van der Waals surface area contributed by atoms with Gasteiger partial charge < -0.3 is 14.5 Å². The third-order valence-electron chi connectivity index (χ3n) is 8.43. The van der Waals surface area contributed by atoms with Gasteiger partial charge >= 0.3 is 12.0 Å². The molecule has 0 radical (unpaired) electrons. The van der Waals surface area contributed by atoms with Crippen molar-refractivity contribution >= 4 is 34.6 Å². The van der Waals surface area contributed by atoms with Gasteiger partial charge in [-0.15, -0.1) is 0 Å². The van der Waals surface area contributed by atoms with E-state index in [0.29, 0.717) is 28.8 Å². The number of amides is 2. The van der Waals surface area contributed by atoms with Crippen LogP contribution >= 0.6 is 11.6 Å². The molecule has 2 aliphatic heterocycles. The molecule has 1 atom stereocenters. The number of hydrogen-bond acceptors (Lipinski definition) is 6. The van der Waals surface area contributed by atoms with Gasteiger partial charge in [0.2, 0.25) is 0 Å². The highest BCUT2D eigenvalue weighted by Gasteiger charge is 2.38. The number of aryl methyl sites for hydroxylation is 1. The Morgan fingerprint density at radius 2 is 1.86 bits per heavy atom. The van der Waals surface area contributed by atoms with E-state index in [4.69, 9.17) is 20.8 Å². The maximum Gasteiger partial charge on any atom is 0.338 e. The highest BCUT2D eigenvalue weighted by molar-refractivity contribution is 6.32. The van der Waals surface area contributed by atoms with Crippen LogP contribution in [0.4, 0.5) is 4.79 Å². The van der Waals surface area contributed by atoms with Crippen molar-refractivity contribution in [1.82, 2.24) is 15.1 Å². The van der Waals surface area contributed by atoms with Gasteiger partial charge in [-0.05, 0) is 88.7 Å². The second-order valence-corrected chi connectivity index (χ2v) is 11.6. The number of fused-ring (bicyclic) bond motifs is 1. The molecule has 2 amide bonds. The van der Waals surface area contributed by atoms with Crippen molar-refractivity contribution in [3.63, 3.8) is 0 Å². The SMILES string of the molecule is CCOC(=O)C1=C(C)N(CCCC2CCN(Cc3ccccc3)CC2)C(=O)NC1c1coc2cc(C)c(Cl)cc2c1=O. The number of likely N-dealkylation sites (tertiary alicyclic amines) is 1. The van der Waals surface area contributed by atoms with E-state index in [2.05, 4.69) is 34.5 Å². The number of urea groups is 1. The normalized spacial score (nSPS) is 18.4. The van der Waals surface area contributed by atoms with E-state index in [1.54, 1.807) is 30.9 Å². The Hall–Kier alpha value is -3.62. The van der Waals surface area contributed by atoms with Crippen LogP contribution in [0.15, 0.2) is 69.2 Å². The zero-order valence-corrected chi connectivity index (χ0v) is 25.2. The van der Waals surface area contributed by atoms with E-state index in [9.17, 15) is 14.4 Å².